The summed E-state index contributed by atoms with van der Waals surface area (Å²) in [5, 5.41) is 22.2. The average Bonchev–Trinajstić information content (AvgIpc) is 2.87. The van der Waals surface area contributed by atoms with Gasteiger partial charge in [0, 0.05) is 19.2 Å². The van der Waals surface area contributed by atoms with Crippen molar-refractivity contribution < 1.29 is 4.92 Å². The maximum absolute atomic E-state index is 11.0. The fraction of sp³-hybridized carbons (Fsp3) is 0.333. The smallest absolute Gasteiger partial charge is 0.275 e. The lowest BCUT2D eigenvalue weighted by atomic mass is 10.2. The fourth-order valence-corrected chi connectivity index (χ4v) is 2.11. The highest BCUT2D eigenvalue weighted by Gasteiger charge is 2.16. The number of nitro groups is 1. The van der Waals surface area contributed by atoms with E-state index in [2.05, 4.69) is 15.5 Å². The molecule has 0 radical (unpaired) electrons. The highest BCUT2D eigenvalue weighted by atomic mass is 35.5. The van der Waals surface area contributed by atoms with Gasteiger partial charge in [-0.25, -0.2) is 0 Å². The maximum Gasteiger partial charge on any atom is 0.275 e. The van der Waals surface area contributed by atoms with Gasteiger partial charge in [-0.3, -0.25) is 10.1 Å². The van der Waals surface area contributed by atoms with Crippen LogP contribution in [0.15, 0.2) is 24.5 Å². The lowest BCUT2D eigenvalue weighted by Crippen LogP contribution is -2.17. The second kappa shape index (κ2) is 6.44. The normalized spacial score (nSPS) is 10.7. The first-order valence-electron chi connectivity index (χ1n) is 6.12. The van der Waals surface area contributed by atoms with Crippen LogP contribution in [0.4, 0.5) is 5.69 Å². The van der Waals surface area contributed by atoms with Gasteiger partial charge in [0.15, 0.2) is 0 Å². The molecule has 2 rings (SSSR count). The third-order valence-electron chi connectivity index (χ3n) is 2.91. The van der Waals surface area contributed by atoms with E-state index in [1.807, 2.05) is 11.5 Å². The van der Waals surface area contributed by atoms with Gasteiger partial charge < -0.3 is 9.88 Å². The Morgan fingerprint density at radius 1 is 1.45 bits per heavy atom. The third-order valence-corrected chi connectivity index (χ3v) is 3.27. The second-order valence-corrected chi connectivity index (χ2v) is 4.54. The van der Waals surface area contributed by atoms with Crippen LogP contribution in [0.25, 0.3) is 0 Å². The Morgan fingerprint density at radius 3 is 2.95 bits per heavy atom. The van der Waals surface area contributed by atoms with Crippen LogP contribution in [0.5, 0.6) is 0 Å². The molecule has 0 unspecified atom stereocenters. The standard InChI is InChI=1S/C12H14ClN5O2/c1-2-17-8-15-16-12(17)7-14-6-9-10(13)4-3-5-11(9)18(19)20/h3-5,8,14H,2,6-7H2,1H3. The molecule has 20 heavy (non-hydrogen) atoms. The summed E-state index contributed by atoms with van der Waals surface area (Å²) >= 11 is 6.02. The van der Waals surface area contributed by atoms with E-state index in [0.29, 0.717) is 23.7 Å². The zero-order chi connectivity index (χ0) is 14.5. The van der Waals surface area contributed by atoms with E-state index in [1.165, 1.54) is 6.07 Å². The molecule has 8 heteroatoms. The van der Waals surface area contributed by atoms with Crippen LogP contribution in [-0.4, -0.2) is 19.7 Å². The SMILES string of the molecule is CCn1cnnc1CNCc1c(Cl)cccc1[N+](=O)[O-]. The summed E-state index contributed by atoms with van der Waals surface area (Å²) in [5.74, 6) is 0.780. The van der Waals surface area contributed by atoms with Crippen LogP contribution in [0, 0.1) is 10.1 Å². The van der Waals surface area contributed by atoms with Gasteiger partial charge in [0.25, 0.3) is 5.69 Å². The van der Waals surface area contributed by atoms with E-state index >= 15 is 0 Å². The second-order valence-electron chi connectivity index (χ2n) is 4.13. The van der Waals surface area contributed by atoms with E-state index in [1.54, 1.807) is 18.5 Å². The third kappa shape index (κ3) is 3.12. The van der Waals surface area contributed by atoms with Crippen molar-refractivity contribution in [3.63, 3.8) is 0 Å². The number of nitro benzene ring substituents is 1. The van der Waals surface area contributed by atoms with Gasteiger partial charge in [0.05, 0.1) is 22.1 Å². The first-order valence-corrected chi connectivity index (χ1v) is 6.50. The Balaban J connectivity index is 2.06. The summed E-state index contributed by atoms with van der Waals surface area (Å²) in [6.45, 7) is 3.53. The van der Waals surface area contributed by atoms with E-state index in [4.69, 9.17) is 11.6 Å². The van der Waals surface area contributed by atoms with Crippen LogP contribution in [0.2, 0.25) is 5.02 Å². The number of aromatic nitrogens is 3. The number of benzene rings is 1. The number of aryl methyl sites for hydroxylation is 1. The molecule has 0 aliphatic heterocycles. The molecule has 1 N–H and O–H groups in total. The molecule has 0 aliphatic carbocycles. The number of nitrogens with zero attached hydrogens (tertiary/aromatic N) is 4. The van der Waals surface area contributed by atoms with Crippen molar-refractivity contribution >= 4 is 17.3 Å². The minimum Gasteiger partial charge on any atom is -0.317 e. The molecule has 0 amide bonds. The van der Waals surface area contributed by atoms with Gasteiger partial charge >= 0.3 is 0 Å². The predicted octanol–water partition coefficient (Wildman–Crippen LogP) is 2.15. The van der Waals surface area contributed by atoms with Crippen molar-refractivity contribution in [2.45, 2.75) is 26.6 Å². The Kier molecular flexibility index (Phi) is 4.65. The summed E-state index contributed by atoms with van der Waals surface area (Å²) < 4.78 is 1.90. The van der Waals surface area contributed by atoms with Crippen molar-refractivity contribution in [1.82, 2.24) is 20.1 Å². The van der Waals surface area contributed by atoms with E-state index < -0.39 is 4.92 Å². The molecule has 0 fully saturated rings. The van der Waals surface area contributed by atoms with E-state index in [9.17, 15) is 10.1 Å². The van der Waals surface area contributed by atoms with Crippen molar-refractivity contribution in [2.24, 2.45) is 0 Å². The molecule has 0 aliphatic rings. The molecule has 1 aromatic carbocycles. The van der Waals surface area contributed by atoms with Crippen LogP contribution < -0.4 is 5.32 Å². The molecular weight excluding hydrogens is 282 g/mol. The largest absolute Gasteiger partial charge is 0.317 e. The van der Waals surface area contributed by atoms with Crippen LogP contribution in [0.1, 0.15) is 18.3 Å². The Labute approximate surface area is 120 Å². The number of halogens is 1. The zero-order valence-electron chi connectivity index (χ0n) is 10.9. The number of hydrogen-bond acceptors (Lipinski definition) is 5. The summed E-state index contributed by atoms with van der Waals surface area (Å²) in [7, 11) is 0. The van der Waals surface area contributed by atoms with Gasteiger partial charge in [-0.15, -0.1) is 10.2 Å². The molecular formula is C12H14ClN5O2. The molecule has 7 nitrogen and oxygen atoms in total. The molecule has 106 valence electrons. The summed E-state index contributed by atoms with van der Waals surface area (Å²) in [6, 6.07) is 4.65. The molecule has 0 bridgehead atoms. The monoisotopic (exact) mass is 295 g/mol. The molecule has 0 saturated heterocycles. The first-order chi connectivity index (χ1) is 9.63. The van der Waals surface area contributed by atoms with Crippen LogP contribution in [-0.2, 0) is 19.6 Å². The van der Waals surface area contributed by atoms with Gasteiger partial charge in [-0.2, -0.15) is 0 Å². The Morgan fingerprint density at radius 2 is 2.25 bits per heavy atom. The van der Waals surface area contributed by atoms with Crippen molar-refractivity contribution in [3.05, 3.63) is 51.1 Å². The molecule has 2 aromatic rings. The van der Waals surface area contributed by atoms with Gasteiger partial charge in [-0.05, 0) is 13.0 Å². The minimum atomic E-state index is -0.433. The summed E-state index contributed by atoms with van der Waals surface area (Å²) in [6.07, 6.45) is 1.65. The quantitative estimate of drug-likeness (QED) is 0.652. The summed E-state index contributed by atoms with van der Waals surface area (Å²) in [5.41, 5.74) is 0.490. The highest BCUT2D eigenvalue weighted by Crippen LogP contribution is 2.25. The molecule has 0 spiro atoms. The van der Waals surface area contributed by atoms with Crippen LogP contribution in [0.3, 0.4) is 0 Å². The topological polar surface area (TPSA) is 85.9 Å². The number of nitrogens with one attached hydrogen (secondary N) is 1. The van der Waals surface area contributed by atoms with E-state index in [-0.39, 0.29) is 5.69 Å². The summed E-state index contributed by atoms with van der Waals surface area (Å²) in [4.78, 5) is 10.5. The van der Waals surface area contributed by atoms with Crippen LogP contribution >= 0.6 is 11.6 Å². The van der Waals surface area contributed by atoms with Gasteiger partial charge in [-0.1, -0.05) is 17.7 Å². The van der Waals surface area contributed by atoms with Gasteiger partial charge in [0.1, 0.15) is 12.2 Å². The average molecular weight is 296 g/mol. The maximum atomic E-state index is 11.0. The Hall–Kier alpha value is -1.99. The molecule has 0 saturated carbocycles. The van der Waals surface area contributed by atoms with Crippen molar-refractivity contribution in [1.29, 1.82) is 0 Å². The predicted molar refractivity (Wildman–Crippen MR) is 74.3 cm³/mol. The molecule has 0 atom stereocenters. The van der Waals surface area contributed by atoms with E-state index in [0.717, 1.165) is 12.4 Å². The van der Waals surface area contributed by atoms with Crippen molar-refractivity contribution in [2.75, 3.05) is 0 Å². The van der Waals surface area contributed by atoms with Gasteiger partial charge in [0.2, 0.25) is 0 Å². The number of rotatable bonds is 6. The lowest BCUT2D eigenvalue weighted by Gasteiger charge is -2.07. The number of hydrogen-bond donors (Lipinski definition) is 1. The fourth-order valence-electron chi connectivity index (χ4n) is 1.87. The zero-order valence-corrected chi connectivity index (χ0v) is 11.7. The Bertz CT molecular complexity index is 614. The minimum absolute atomic E-state index is 0.0157. The van der Waals surface area contributed by atoms with Crippen molar-refractivity contribution in [3.8, 4) is 0 Å². The lowest BCUT2D eigenvalue weighted by molar-refractivity contribution is -0.385. The first kappa shape index (κ1) is 14.4. The molecule has 1 heterocycles. The molecule has 1 aromatic heterocycles. The highest BCUT2D eigenvalue weighted by molar-refractivity contribution is 6.31.